The van der Waals surface area contributed by atoms with E-state index in [4.69, 9.17) is 4.74 Å². The van der Waals surface area contributed by atoms with Gasteiger partial charge in [-0.05, 0) is 46.5 Å². The molecule has 0 saturated carbocycles. The van der Waals surface area contributed by atoms with Crippen molar-refractivity contribution in [2.24, 2.45) is 5.10 Å². The predicted molar refractivity (Wildman–Crippen MR) is 144 cm³/mol. The second-order valence-corrected chi connectivity index (χ2v) is 7.74. The van der Waals surface area contributed by atoms with Crippen LogP contribution in [0.25, 0.3) is 23.3 Å². The number of nitrogens with zero attached hydrogens (tertiary/aromatic N) is 1. The first-order valence-corrected chi connectivity index (χ1v) is 11.4. The number of rotatable bonds is 9. The van der Waals surface area contributed by atoms with Gasteiger partial charge in [0.1, 0.15) is 5.75 Å². The molecule has 35 heavy (non-hydrogen) atoms. The minimum absolute atomic E-state index is 0.133. The minimum Gasteiger partial charge on any atom is -0.484 e. The highest BCUT2D eigenvalue weighted by Crippen LogP contribution is 2.21. The quantitative estimate of drug-likeness (QED) is 0.226. The van der Waals surface area contributed by atoms with Crippen LogP contribution in [-0.2, 0) is 4.79 Å². The third-order valence-electron chi connectivity index (χ3n) is 5.13. The maximum atomic E-state index is 12.4. The van der Waals surface area contributed by atoms with Gasteiger partial charge in [-0.15, -0.1) is 0 Å². The number of carbonyl (C=O) groups is 1. The van der Waals surface area contributed by atoms with Gasteiger partial charge < -0.3 is 4.74 Å². The van der Waals surface area contributed by atoms with Crippen LogP contribution in [0, 0.1) is 0 Å². The van der Waals surface area contributed by atoms with Crippen LogP contribution in [0.2, 0.25) is 0 Å². The summed E-state index contributed by atoms with van der Waals surface area (Å²) in [6, 6.07) is 37.6. The average Bonchev–Trinajstić information content (AvgIpc) is 2.93. The molecule has 0 aromatic heterocycles. The number of hydrogen-bond donors (Lipinski definition) is 1. The molecule has 1 amide bonds. The summed E-state index contributed by atoms with van der Waals surface area (Å²) in [7, 11) is 0. The van der Waals surface area contributed by atoms with E-state index in [-0.39, 0.29) is 12.5 Å². The first kappa shape index (κ1) is 23.5. The summed E-state index contributed by atoms with van der Waals surface area (Å²) in [5, 5.41) is 4.28. The summed E-state index contributed by atoms with van der Waals surface area (Å²) in [5.41, 5.74) is 7.50. The number of allylic oxidation sites excluding steroid dienone is 2. The highest BCUT2D eigenvalue weighted by molar-refractivity contribution is 6.08. The summed E-state index contributed by atoms with van der Waals surface area (Å²) in [4.78, 5) is 12.4. The molecule has 1 N–H and O–H groups in total. The van der Waals surface area contributed by atoms with Gasteiger partial charge in [0.05, 0.1) is 5.71 Å². The van der Waals surface area contributed by atoms with E-state index in [1.165, 1.54) is 0 Å². The summed E-state index contributed by atoms with van der Waals surface area (Å²) < 4.78 is 5.63. The highest BCUT2D eigenvalue weighted by Gasteiger charge is 2.03. The van der Waals surface area contributed by atoms with Crippen molar-refractivity contribution in [1.29, 1.82) is 0 Å². The molecule has 0 aliphatic heterocycles. The Kier molecular flexibility index (Phi) is 8.39. The molecule has 172 valence electrons. The molecule has 0 bridgehead atoms. The molecular formula is C31H26N2O2. The van der Waals surface area contributed by atoms with E-state index < -0.39 is 0 Å². The lowest BCUT2D eigenvalue weighted by Crippen LogP contribution is -2.25. The molecule has 0 atom stereocenters. The zero-order valence-corrected chi connectivity index (χ0v) is 19.2. The molecule has 0 unspecified atom stereocenters. The van der Waals surface area contributed by atoms with E-state index >= 15 is 0 Å². The lowest BCUT2D eigenvalue weighted by atomic mass is 10.1. The van der Waals surface area contributed by atoms with Gasteiger partial charge >= 0.3 is 0 Å². The zero-order valence-electron chi connectivity index (χ0n) is 19.2. The van der Waals surface area contributed by atoms with Crippen molar-refractivity contribution in [1.82, 2.24) is 5.43 Å². The third-order valence-corrected chi connectivity index (χ3v) is 5.13. The van der Waals surface area contributed by atoms with Crippen LogP contribution < -0.4 is 10.2 Å². The van der Waals surface area contributed by atoms with Gasteiger partial charge in [-0.3, -0.25) is 4.79 Å². The Morgan fingerprint density at radius 2 is 1.14 bits per heavy atom. The van der Waals surface area contributed by atoms with Gasteiger partial charge in [-0.25, -0.2) is 5.43 Å². The molecule has 0 fully saturated rings. The van der Waals surface area contributed by atoms with Gasteiger partial charge in [0.25, 0.3) is 5.91 Å². The fourth-order valence-electron chi connectivity index (χ4n) is 3.30. The van der Waals surface area contributed by atoms with E-state index in [0.29, 0.717) is 11.5 Å². The predicted octanol–water partition coefficient (Wildman–Crippen LogP) is 6.63. The number of hydrogen-bond acceptors (Lipinski definition) is 3. The standard InChI is InChI=1S/C31H26N2O2/c34-31(24-35-30-22-18-28(19-23-30)27-14-8-3-9-15-27)33-32-29(20-16-25-10-4-1-5-11-25)21-17-26-12-6-2-7-13-26/h1-23H,24H2,(H,33,34). The Hall–Kier alpha value is -4.70. The molecule has 0 aliphatic carbocycles. The first-order valence-electron chi connectivity index (χ1n) is 11.4. The van der Waals surface area contributed by atoms with E-state index in [2.05, 4.69) is 22.7 Å². The Bertz CT molecular complexity index is 1240. The molecule has 0 radical (unpaired) electrons. The fourth-order valence-corrected chi connectivity index (χ4v) is 3.30. The van der Waals surface area contributed by atoms with Gasteiger partial charge in [-0.1, -0.05) is 115 Å². The van der Waals surface area contributed by atoms with Gasteiger partial charge in [0.2, 0.25) is 0 Å². The van der Waals surface area contributed by atoms with E-state index in [9.17, 15) is 4.79 Å². The molecule has 4 nitrogen and oxygen atoms in total. The Morgan fingerprint density at radius 1 is 0.657 bits per heavy atom. The average molecular weight is 459 g/mol. The molecule has 0 spiro atoms. The first-order chi connectivity index (χ1) is 17.3. The molecule has 0 heterocycles. The second-order valence-electron chi connectivity index (χ2n) is 7.74. The van der Waals surface area contributed by atoms with Crippen LogP contribution in [0.15, 0.2) is 133 Å². The van der Waals surface area contributed by atoms with E-state index in [1.54, 1.807) is 0 Å². The number of benzene rings is 4. The summed E-state index contributed by atoms with van der Waals surface area (Å²) in [6.07, 6.45) is 7.62. The minimum atomic E-state index is -0.337. The Morgan fingerprint density at radius 3 is 1.69 bits per heavy atom. The maximum Gasteiger partial charge on any atom is 0.277 e. The molecule has 0 saturated heterocycles. The van der Waals surface area contributed by atoms with Crippen LogP contribution in [0.3, 0.4) is 0 Å². The molecule has 0 aliphatic rings. The lowest BCUT2D eigenvalue weighted by Gasteiger charge is -2.07. The van der Waals surface area contributed by atoms with E-state index in [0.717, 1.165) is 22.3 Å². The lowest BCUT2D eigenvalue weighted by molar-refractivity contribution is -0.123. The summed E-state index contributed by atoms with van der Waals surface area (Å²) in [6.45, 7) is -0.133. The Labute approximate surface area is 205 Å². The van der Waals surface area contributed by atoms with Gasteiger partial charge in [0.15, 0.2) is 6.61 Å². The highest BCUT2D eigenvalue weighted by atomic mass is 16.5. The number of nitrogens with one attached hydrogen (secondary N) is 1. The topological polar surface area (TPSA) is 50.7 Å². The molecule has 4 aromatic rings. The van der Waals surface area contributed by atoms with Crippen LogP contribution in [0.4, 0.5) is 0 Å². The van der Waals surface area contributed by atoms with Crippen molar-refractivity contribution in [3.8, 4) is 16.9 Å². The number of carbonyl (C=O) groups excluding carboxylic acids is 1. The number of amides is 1. The fraction of sp³-hybridized carbons (Fsp3) is 0.0323. The zero-order chi connectivity index (χ0) is 24.1. The second kappa shape index (κ2) is 12.5. The van der Waals surface area contributed by atoms with Crippen LogP contribution in [0.1, 0.15) is 11.1 Å². The summed E-state index contributed by atoms with van der Waals surface area (Å²) >= 11 is 0. The van der Waals surface area contributed by atoms with E-state index in [1.807, 2.05) is 127 Å². The SMILES string of the molecule is O=C(COc1ccc(-c2ccccc2)cc1)NN=C(C=Cc1ccccc1)C=Cc1ccccc1. The summed E-state index contributed by atoms with van der Waals surface area (Å²) in [5.74, 6) is 0.285. The van der Waals surface area contributed by atoms with Crippen molar-refractivity contribution in [3.05, 3.63) is 139 Å². The Balaban J connectivity index is 1.37. The number of ether oxygens (including phenoxy) is 1. The van der Waals surface area contributed by atoms with Crippen LogP contribution >= 0.6 is 0 Å². The van der Waals surface area contributed by atoms with Crippen molar-refractivity contribution < 1.29 is 9.53 Å². The molecule has 4 rings (SSSR count). The largest absolute Gasteiger partial charge is 0.484 e. The van der Waals surface area contributed by atoms with Gasteiger partial charge in [0, 0.05) is 0 Å². The smallest absolute Gasteiger partial charge is 0.277 e. The van der Waals surface area contributed by atoms with Crippen molar-refractivity contribution in [2.75, 3.05) is 6.61 Å². The third kappa shape index (κ3) is 7.69. The van der Waals surface area contributed by atoms with Gasteiger partial charge in [-0.2, -0.15) is 5.10 Å². The molecular weight excluding hydrogens is 432 g/mol. The molecule has 4 heteroatoms. The normalized spacial score (nSPS) is 10.9. The van der Waals surface area contributed by atoms with Crippen LogP contribution in [0.5, 0.6) is 5.75 Å². The van der Waals surface area contributed by atoms with Crippen molar-refractivity contribution >= 4 is 23.8 Å². The monoisotopic (exact) mass is 458 g/mol. The molecule has 4 aromatic carbocycles. The van der Waals surface area contributed by atoms with Crippen molar-refractivity contribution in [3.63, 3.8) is 0 Å². The number of hydrazone groups is 1. The maximum absolute atomic E-state index is 12.4. The van der Waals surface area contributed by atoms with Crippen molar-refractivity contribution in [2.45, 2.75) is 0 Å². The van der Waals surface area contributed by atoms with Crippen LogP contribution in [-0.4, -0.2) is 18.2 Å².